The van der Waals surface area contributed by atoms with E-state index in [2.05, 4.69) is 30.6 Å². The van der Waals surface area contributed by atoms with Crippen LogP contribution in [-0.2, 0) is 0 Å². The summed E-state index contributed by atoms with van der Waals surface area (Å²) in [6, 6.07) is 2.49. The zero-order chi connectivity index (χ0) is 14.8. The molecule has 1 fully saturated rings. The summed E-state index contributed by atoms with van der Waals surface area (Å²) in [5.41, 5.74) is 4.06. The lowest BCUT2D eigenvalue weighted by atomic mass is 10.1. The van der Waals surface area contributed by atoms with Gasteiger partial charge in [0.1, 0.15) is 12.0 Å². The molecule has 6 nitrogen and oxygen atoms in total. The molecule has 6 heteroatoms. The van der Waals surface area contributed by atoms with Gasteiger partial charge in [-0.1, -0.05) is 0 Å². The van der Waals surface area contributed by atoms with Gasteiger partial charge < -0.3 is 15.6 Å². The number of hydrogen-bond donors (Lipinski definition) is 3. The third kappa shape index (κ3) is 2.42. The zero-order valence-corrected chi connectivity index (χ0v) is 12.2. The van der Waals surface area contributed by atoms with Crippen LogP contribution in [0.2, 0.25) is 0 Å². The lowest BCUT2D eigenvalue weighted by Gasteiger charge is -2.25. The number of pyridine rings is 1. The van der Waals surface area contributed by atoms with E-state index in [1.807, 2.05) is 30.9 Å². The molecule has 0 saturated carbocycles. The first-order valence-corrected chi connectivity index (χ1v) is 7.60. The summed E-state index contributed by atoms with van der Waals surface area (Å²) in [4.78, 5) is 15.9. The number of piperidine rings is 1. The molecule has 3 N–H and O–H groups in total. The van der Waals surface area contributed by atoms with Crippen LogP contribution in [0.15, 0.2) is 37.2 Å². The second-order valence-corrected chi connectivity index (χ2v) is 5.60. The number of fused-ring (bicyclic) bond motifs is 1. The molecule has 0 aromatic carbocycles. The summed E-state index contributed by atoms with van der Waals surface area (Å²) in [5, 5.41) is 8.19. The molecule has 3 aromatic heterocycles. The van der Waals surface area contributed by atoms with Crippen molar-refractivity contribution in [2.45, 2.75) is 18.9 Å². The molecule has 0 bridgehead atoms. The predicted molar refractivity (Wildman–Crippen MR) is 86.6 cm³/mol. The van der Waals surface area contributed by atoms with E-state index in [0.717, 1.165) is 40.9 Å². The van der Waals surface area contributed by atoms with E-state index in [1.165, 1.54) is 12.8 Å². The summed E-state index contributed by atoms with van der Waals surface area (Å²) in [7, 11) is 0. The minimum Gasteiger partial charge on any atom is -0.380 e. The van der Waals surface area contributed by atoms with Crippen molar-refractivity contribution < 1.29 is 0 Å². The van der Waals surface area contributed by atoms with Gasteiger partial charge in [0, 0.05) is 59.6 Å². The Bertz CT molecular complexity index is 761. The lowest BCUT2D eigenvalue weighted by molar-refractivity contribution is 0.480. The molecule has 0 spiro atoms. The van der Waals surface area contributed by atoms with Crippen molar-refractivity contribution in [3.05, 3.63) is 37.2 Å². The molecule has 3 aromatic rings. The van der Waals surface area contributed by atoms with Crippen LogP contribution >= 0.6 is 0 Å². The number of aromatic amines is 1. The first-order valence-electron chi connectivity index (χ1n) is 7.60. The van der Waals surface area contributed by atoms with Crippen molar-refractivity contribution >= 4 is 16.7 Å². The van der Waals surface area contributed by atoms with Gasteiger partial charge in [-0.2, -0.15) is 0 Å². The molecule has 1 aliphatic rings. The Kier molecular flexibility index (Phi) is 3.44. The van der Waals surface area contributed by atoms with E-state index in [-0.39, 0.29) is 0 Å². The Balaban J connectivity index is 1.76. The maximum absolute atomic E-state index is 4.43. The van der Waals surface area contributed by atoms with E-state index in [9.17, 15) is 0 Å². The molecule has 0 aliphatic carbocycles. The van der Waals surface area contributed by atoms with Crippen molar-refractivity contribution in [1.82, 2.24) is 25.3 Å². The number of nitrogens with zero attached hydrogens (tertiary/aromatic N) is 3. The van der Waals surface area contributed by atoms with E-state index >= 15 is 0 Å². The number of rotatable bonds is 3. The summed E-state index contributed by atoms with van der Waals surface area (Å²) >= 11 is 0. The highest BCUT2D eigenvalue weighted by atomic mass is 15.0. The Labute approximate surface area is 128 Å². The average molecular weight is 294 g/mol. The quantitative estimate of drug-likeness (QED) is 0.690. The fourth-order valence-electron chi connectivity index (χ4n) is 3.04. The fraction of sp³-hybridized carbons (Fsp3) is 0.312. The van der Waals surface area contributed by atoms with Crippen molar-refractivity contribution in [2.24, 2.45) is 0 Å². The third-order valence-electron chi connectivity index (χ3n) is 4.10. The molecule has 0 radical (unpaired) electrons. The van der Waals surface area contributed by atoms with Gasteiger partial charge in [-0.25, -0.2) is 15.0 Å². The highest BCUT2D eigenvalue weighted by molar-refractivity contribution is 6.02. The number of H-pyrrole nitrogens is 1. The van der Waals surface area contributed by atoms with Gasteiger partial charge in [-0.3, -0.25) is 0 Å². The number of nitrogens with one attached hydrogen (secondary N) is 3. The topological polar surface area (TPSA) is 78.5 Å². The van der Waals surface area contributed by atoms with Crippen molar-refractivity contribution in [3.63, 3.8) is 0 Å². The number of aromatic nitrogens is 4. The van der Waals surface area contributed by atoms with E-state index < -0.39 is 0 Å². The number of anilines is 1. The highest BCUT2D eigenvalue weighted by Crippen LogP contribution is 2.32. The minimum atomic E-state index is 0.453. The van der Waals surface area contributed by atoms with Crippen LogP contribution in [0.1, 0.15) is 12.8 Å². The van der Waals surface area contributed by atoms with Crippen LogP contribution in [0, 0.1) is 0 Å². The van der Waals surface area contributed by atoms with Crippen LogP contribution in [0.4, 0.5) is 5.69 Å². The van der Waals surface area contributed by atoms with E-state index in [4.69, 9.17) is 0 Å². The zero-order valence-electron chi connectivity index (χ0n) is 12.2. The van der Waals surface area contributed by atoms with Crippen LogP contribution in [-0.4, -0.2) is 39.1 Å². The molecule has 22 heavy (non-hydrogen) atoms. The Morgan fingerprint density at radius 2 is 2.14 bits per heavy atom. The minimum absolute atomic E-state index is 0.453. The van der Waals surface area contributed by atoms with E-state index in [0.29, 0.717) is 6.04 Å². The summed E-state index contributed by atoms with van der Waals surface area (Å²) in [6.45, 7) is 2.11. The van der Waals surface area contributed by atoms with Gasteiger partial charge in [0.2, 0.25) is 0 Å². The molecule has 1 unspecified atom stereocenters. The lowest BCUT2D eigenvalue weighted by Crippen LogP contribution is -2.38. The molecule has 4 heterocycles. The highest BCUT2D eigenvalue weighted by Gasteiger charge is 2.16. The van der Waals surface area contributed by atoms with Crippen LogP contribution in [0.25, 0.3) is 22.2 Å². The van der Waals surface area contributed by atoms with Crippen molar-refractivity contribution in [1.29, 1.82) is 0 Å². The second kappa shape index (κ2) is 5.73. The predicted octanol–water partition coefficient (Wildman–Crippen LogP) is 2.18. The Morgan fingerprint density at radius 1 is 1.23 bits per heavy atom. The first-order chi connectivity index (χ1) is 10.9. The van der Waals surface area contributed by atoms with Gasteiger partial charge >= 0.3 is 0 Å². The Morgan fingerprint density at radius 3 is 2.95 bits per heavy atom. The third-order valence-corrected chi connectivity index (χ3v) is 4.10. The van der Waals surface area contributed by atoms with Gasteiger partial charge in [0.25, 0.3) is 0 Å². The standard InChI is InChI=1S/C16H18N6/c1-2-12(8-17-4-1)22-14-3-5-20-16-15(14)13(9-21-16)11-6-18-10-19-7-11/h3,5-7,9-10,12,17H,1-2,4,8H2,(H2,20,21,22). The van der Waals surface area contributed by atoms with Gasteiger partial charge in [0.15, 0.2) is 0 Å². The van der Waals surface area contributed by atoms with Crippen molar-refractivity contribution in [2.75, 3.05) is 18.4 Å². The monoisotopic (exact) mass is 294 g/mol. The SMILES string of the molecule is c1ncc(-c2c[nH]c3nccc(NC4CCCNC4)c23)cn1. The molecule has 4 rings (SSSR count). The molecular formula is C16H18N6. The van der Waals surface area contributed by atoms with Gasteiger partial charge in [0.05, 0.1) is 0 Å². The average Bonchev–Trinajstić information content (AvgIpc) is 3.02. The summed E-state index contributed by atoms with van der Waals surface area (Å²) in [5.74, 6) is 0. The van der Waals surface area contributed by atoms with Gasteiger partial charge in [-0.05, 0) is 25.5 Å². The fourth-order valence-corrected chi connectivity index (χ4v) is 3.04. The molecule has 1 atom stereocenters. The second-order valence-electron chi connectivity index (χ2n) is 5.60. The Hall–Kier alpha value is -2.47. The smallest absolute Gasteiger partial charge is 0.139 e. The maximum Gasteiger partial charge on any atom is 0.139 e. The molecule has 1 saturated heterocycles. The first kappa shape index (κ1) is 13.2. The molecule has 1 aliphatic heterocycles. The van der Waals surface area contributed by atoms with Gasteiger partial charge in [-0.15, -0.1) is 0 Å². The van der Waals surface area contributed by atoms with E-state index in [1.54, 1.807) is 6.33 Å². The largest absolute Gasteiger partial charge is 0.380 e. The normalized spacial score (nSPS) is 18.5. The summed E-state index contributed by atoms with van der Waals surface area (Å²) < 4.78 is 0. The summed E-state index contributed by atoms with van der Waals surface area (Å²) in [6.07, 6.45) is 11.4. The van der Waals surface area contributed by atoms with Crippen molar-refractivity contribution in [3.8, 4) is 11.1 Å². The number of hydrogen-bond acceptors (Lipinski definition) is 5. The molecule has 0 amide bonds. The van der Waals surface area contributed by atoms with Crippen LogP contribution in [0.3, 0.4) is 0 Å². The molecule has 112 valence electrons. The molecular weight excluding hydrogens is 276 g/mol. The van der Waals surface area contributed by atoms with Crippen LogP contribution < -0.4 is 10.6 Å². The van der Waals surface area contributed by atoms with Crippen LogP contribution in [0.5, 0.6) is 0 Å². The maximum atomic E-state index is 4.43.